The largest absolute Gasteiger partial charge is 0.353 e. The van der Waals surface area contributed by atoms with E-state index in [1.54, 1.807) is 0 Å². The standard InChI is InChI=1S/C59H61N3/c1-15-61-51-23-17-35(3)27-45(51)47-29-37(5)25-41(55(47)61)21-19-39-31-43(57(7,8)9)33-49-53(39)60-54-40(32-44(58(10,11)12)34-50(54)59(49,13)14)20-22-42-26-38(6)30-48-46-28-36(4)18-24-52(46)62(16-2)56(42)48/h17-18,23-34,60H,15-16H2,1-14H3. The highest BCUT2D eigenvalue weighted by molar-refractivity contribution is 6.11. The van der Waals surface area contributed by atoms with Crippen LogP contribution in [0.1, 0.15) is 136 Å². The van der Waals surface area contributed by atoms with Gasteiger partial charge in [0.1, 0.15) is 0 Å². The fourth-order valence-corrected chi connectivity index (χ4v) is 9.98. The first-order chi connectivity index (χ1) is 29.3. The van der Waals surface area contributed by atoms with E-state index in [0.29, 0.717) is 0 Å². The minimum Gasteiger partial charge on any atom is -0.353 e. The molecule has 0 saturated heterocycles. The molecule has 0 bridgehead atoms. The van der Waals surface area contributed by atoms with Gasteiger partial charge in [0.05, 0.1) is 22.4 Å². The summed E-state index contributed by atoms with van der Waals surface area (Å²) in [5, 5.41) is 9.17. The van der Waals surface area contributed by atoms with Crippen molar-refractivity contribution in [3.05, 3.63) is 152 Å². The van der Waals surface area contributed by atoms with Crippen molar-refractivity contribution in [2.24, 2.45) is 0 Å². The number of aryl methyl sites for hydroxylation is 6. The molecule has 8 aromatic rings. The summed E-state index contributed by atoms with van der Waals surface area (Å²) in [7, 11) is 0. The third-order valence-corrected chi connectivity index (χ3v) is 13.4. The number of anilines is 2. The Balaban J connectivity index is 1.27. The number of hydrogen-bond donors (Lipinski definition) is 1. The average Bonchev–Trinajstić information content (AvgIpc) is 3.68. The lowest BCUT2D eigenvalue weighted by atomic mass is 9.69. The molecule has 6 aromatic carbocycles. The summed E-state index contributed by atoms with van der Waals surface area (Å²) >= 11 is 0. The van der Waals surface area contributed by atoms with Crippen LogP contribution in [0.2, 0.25) is 0 Å². The van der Waals surface area contributed by atoms with Crippen LogP contribution in [0, 0.1) is 51.4 Å². The van der Waals surface area contributed by atoms with Gasteiger partial charge in [0.15, 0.2) is 0 Å². The fourth-order valence-electron chi connectivity index (χ4n) is 9.98. The Morgan fingerprint density at radius 1 is 0.468 bits per heavy atom. The minimum absolute atomic E-state index is 0.0758. The lowest BCUT2D eigenvalue weighted by molar-refractivity contribution is 0.574. The lowest BCUT2D eigenvalue weighted by Gasteiger charge is -2.39. The van der Waals surface area contributed by atoms with Crippen LogP contribution in [0.3, 0.4) is 0 Å². The quantitative estimate of drug-likeness (QED) is 0.173. The number of nitrogens with one attached hydrogen (secondary N) is 1. The predicted molar refractivity (Wildman–Crippen MR) is 267 cm³/mol. The molecular weight excluding hydrogens is 751 g/mol. The van der Waals surface area contributed by atoms with Crippen molar-refractivity contribution in [1.82, 2.24) is 9.13 Å². The van der Waals surface area contributed by atoms with Gasteiger partial charge in [-0.25, -0.2) is 0 Å². The SMILES string of the molecule is CCn1c2ccc(C)cc2c2cc(C)cc(C#Cc3cc(C(C)(C)C)cc4c3Nc3c(C#Cc5cc(C)cc6c7cc(C)ccc7n(CC)c56)cc(C(C)(C)C)cc3C4(C)C)c21. The highest BCUT2D eigenvalue weighted by Crippen LogP contribution is 2.50. The molecule has 1 N–H and O–H groups in total. The van der Waals surface area contributed by atoms with Gasteiger partial charge in [0, 0.05) is 73.3 Å². The van der Waals surface area contributed by atoms with Crippen LogP contribution in [-0.2, 0) is 29.3 Å². The maximum Gasteiger partial charge on any atom is 0.0650 e. The first-order valence-corrected chi connectivity index (χ1v) is 22.5. The summed E-state index contributed by atoms with van der Waals surface area (Å²) in [5.74, 6) is 15.1. The number of hydrogen-bond acceptors (Lipinski definition) is 1. The summed E-state index contributed by atoms with van der Waals surface area (Å²) in [6, 6.07) is 32.3. The van der Waals surface area contributed by atoms with E-state index in [1.807, 2.05) is 0 Å². The molecule has 0 spiro atoms. The number of benzene rings is 6. The number of rotatable bonds is 2. The van der Waals surface area contributed by atoms with Gasteiger partial charge in [-0.05, 0) is 146 Å². The number of fused-ring (bicyclic) bond motifs is 8. The molecule has 312 valence electrons. The maximum atomic E-state index is 4.05. The first kappa shape index (κ1) is 41.2. The van der Waals surface area contributed by atoms with Crippen LogP contribution in [0.25, 0.3) is 43.6 Å². The van der Waals surface area contributed by atoms with Gasteiger partial charge >= 0.3 is 0 Å². The topological polar surface area (TPSA) is 21.9 Å². The average molecular weight is 812 g/mol. The van der Waals surface area contributed by atoms with E-state index in [2.05, 4.69) is 220 Å². The van der Waals surface area contributed by atoms with Gasteiger partial charge in [-0.3, -0.25) is 0 Å². The van der Waals surface area contributed by atoms with Crippen LogP contribution >= 0.6 is 0 Å². The summed E-state index contributed by atoms with van der Waals surface area (Å²) in [6.45, 7) is 33.6. The molecule has 0 atom stereocenters. The first-order valence-electron chi connectivity index (χ1n) is 22.5. The zero-order chi connectivity index (χ0) is 44.2. The smallest absolute Gasteiger partial charge is 0.0650 e. The second kappa shape index (κ2) is 14.5. The van der Waals surface area contributed by atoms with E-state index in [0.717, 1.165) is 46.7 Å². The number of aromatic nitrogens is 2. The van der Waals surface area contributed by atoms with E-state index >= 15 is 0 Å². The lowest BCUT2D eigenvalue weighted by Crippen LogP contribution is -2.29. The third-order valence-electron chi connectivity index (χ3n) is 13.4. The van der Waals surface area contributed by atoms with Gasteiger partial charge in [-0.2, -0.15) is 0 Å². The molecule has 0 aliphatic carbocycles. The summed E-state index contributed by atoms with van der Waals surface area (Å²) in [4.78, 5) is 0. The Morgan fingerprint density at radius 3 is 1.21 bits per heavy atom. The Morgan fingerprint density at radius 2 is 0.839 bits per heavy atom. The highest BCUT2D eigenvalue weighted by Gasteiger charge is 2.37. The molecule has 0 unspecified atom stereocenters. The maximum absolute atomic E-state index is 4.05. The minimum atomic E-state index is -0.336. The van der Waals surface area contributed by atoms with Gasteiger partial charge in [0.25, 0.3) is 0 Å². The van der Waals surface area contributed by atoms with Crippen molar-refractivity contribution in [2.45, 2.75) is 126 Å². The molecule has 3 heteroatoms. The predicted octanol–water partition coefficient (Wildman–Crippen LogP) is 15.0. The van der Waals surface area contributed by atoms with E-state index in [-0.39, 0.29) is 16.2 Å². The van der Waals surface area contributed by atoms with Crippen LogP contribution < -0.4 is 5.32 Å². The Bertz CT molecular complexity index is 3100. The molecular formula is C59H61N3. The summed E-state index contributed by atoms with van der Waals surface area (Å²) in [5.41, 5.74) is 20.8. The van der Waals surface area contributed by atoms with E-state index < -0.39 is 0 Å². The second-order valence-corrected chi connectivity index (χ2v) is 20.6. The zero-order valence-corrected chi connectivity index (χ0v) is 39.4. The molecule has 0 saturated carbocycles. The molecule has 1 aliphatic rings. The van der Waals surface area contributed by atoms with E-state index in [4.69, 9.17) is 0 Å². The van der Waals surface area contributed by atoms with Crippen molar-refractivity contribution < 1.29 is 0 Å². The molecule has 1 aliphatic heterocycles. The Hall–Kier alpha value is -6.16. The highest BCUT2D eigenvalue weighted by atomic mass is 15.0. The molecule has 62 heavy (non-hydrogen) atoms. The molecule has 2 aromatic heterocycles. The van der Waals surface area contributed by atoms with Gasteiger partial charge < -0.3 is 14.5 Å². The van der Waals surface area contributed by atoms with Gasteiger partial charge in [0.2, 0.25) is 0 Å². The molecule has 0 amide bonds. The van der Waals surface area contributed by atoms with Crippen LogP contribution in [0.5, 0.6) is 0 Å². The molecule has 9 rings (SSSR count). The fraction of sp³-hybridized carbons (Fsp3) is 0.322. The van der Waals surface area contributed by atoms with Crippen molar-refractivity contribution in [1.29, 1.82) is 0 Å². The van der Waals surface area contributed by atoms with Crippen LogP contribution in [-0.4, -0.2) is 9.13 Å². The Labute approximate surface area is 369 Å². The molecule has 3 nitrogen and oxygen atoms in total. The zero-order valence-electron chi connectivity index (χ0n) is 39.4. The van der Waals surface area contributed by atoms with Crippen molar-refractivity contribution >= 4 is 55.0 Å². The van der Waals surface area contributed by atoms with Crippen molar-refractivity contribution in [2.75, 3.05) is 5.32 Å². The Kier molecular flexibility index (Phi) is 9.61. The second-order valence-electron chi connectivity index (χ2n) is 20.6. The van der Waals surface area contributed by atoms with Crippen LogP contribution in [0.4, 0.5) is 11.4 Å². The number of nitrogens with zero attached hydrogens (tertiary/aromatic N) is 2. The summed E-state index contributed by atoms with van der Waals surface area (Å²) in [6.07, 6.45) is 0. The van der Waals surface area contributed by atoms with E-state index in [1.165, 1.54) is 88.1 Å². The van der Waals surface area contributed by atoms with Crippen LogP contribution in [0.15, 0.2) is 84.9 Å². The monoisotopic (exact) mass is 811 g/mol. The molecule has 3 heterocycles. The summed E-state index contributed by atoms with van der Waals surface area (Å²) < 4.78 is 4.88. The molecule has 0 fully saturated rings. The van der Waals surface area contributed by atoms with Crippen molar-refractivity contribution in [3.63, 3.8) is 0 Å². The normalized spacial score (nSPS) is 13.5. The van der Waals surface area contributed by atoms with Gasteiger partial charge in [-0.1, -0.05) is 114 Å². The van der Waals surface area contributed by atoms with E-state index in [9.17, 15) is 0 Å². The van der Waals surface area contributed by atoms with Gasteiger partial charge in [-0.15, -0.1) is 0 Å². The van der Waals surface area contributed by atoms with Crippen molar-refractivity contribution in [3.8, 4) is 23.7 Å². The molecule has 0 radical (unpaired) electrons. The third kappa shape index (κ3) is 6.70.